The molecular weight excluding hydrogens is 493 g/mol. The number of aromatic amines is 1. The van der Waals surface area contributed by atoms with Crippen molar-refractivity contribution < 1.29 is 23.1 Å². The predicted molar refractivity (Wildman–Crippen MR) is 132 cm³/mol. The highest BCUT2D eigenvalue weighted by Crippen LogP contribution is 2.35. The van der Waals surface area contributed by atoms with Crippen molar-refractivity contribution in [2.45, 2.75) is 25.4 Å². The fourth-order valence-corrected chi connectivity index (χ4v) is 4.83. The van der Waals surface area contributed by atoms with Gasteiger partial charge in [0.2, 0.25) is 0 Å². The van der Waals surface area contributed by atoms with Gasteiger partial charge in [-0.25, -0.2) is 9.97 Å². The summed E-state index contributed by atoms with van der Waals surface area (Å²) in [7, 11) is 0. The number of anilines is 1. The first kappa shape index (κ1) is 24.1. The zero-order valence-electron chi connectivity index (χ0n) is 19.0. The van der Waals surface area contributed by atoms with Crippen LogP contribution in [0, 0.1) is 5.92 Å². The maximum absolute atomic E-state index is 13.0. The number of pyridine rings is 1. The second kappa shape index (κ2) is 9.46. The van der Waals surface area contributed by atoms with Gasteiger partial charge in [0.15, 0.2) is 0 Å². The Labute approximate surface area is 209 Å². The lowest BCUT2D eigenvalue weighted by molar-refractivity contribution is -0.138. The van der Waals surface area contributed by atoms with Gasteiger partial charge in [-0.3, -0.25) is 4.79 Å². The van der Waals surface area contributed by atoms with E-state index in [-0.39, 0.29) is 17.9 Å². The van der Waals surface area contributed by atoms with E-state index in [2.05, 4.69) is 19.9 Å². The third-order valence-electron chi connectivity index (χ3n) is 6.52. The molecule has 2 N–H and O–H groups in total. The summed E-state index contributed by atoms with van der Waals surface area (Å²) in [5, 5.41) is 9.39. The van der Waals surface area contributed by atoms with E-state index in [4.69, 9.17) is 16.7 Å². The van der Waals surface area contributed by atoms with Gasteiger partial charge >= 0.3 is 12.1 Å². The second-order valence-corrected chi connectivity index (χ2v) is 9.35. The maximum atomic E-state index is 13.0. The van der Waals surface area contributed by atoms with E-state index in [9.17, 15) is 18.0 Å². The van der Waals surface area contributed by atoms with Crippen molar-refractivity contribution in [1.29, 1.82) is 0 Å². The molecule has 36 heavy (non-hydrogen) atoms. The second-order valence-electron chi connectivity index (χ2n) is 8.94. The minimum absolute atomic E-state index is 0.206. The van der Waals surface area contributed by atoms with E-state index in [1.165, 1.54) is 6.07 Å². The van der Waals surface area contributed by atoms with Crippen LogP contribution in [0.15, 0.2) is 54.7 Å². The third-order valence-corrected chi connectivity index (χ3v) is 6.83. The molecule has 0 amide bonds. The number of H-pyrrole nitrogens is 1. The first-order chi connectivity index (χ1) is 17.2. The number of carboxylic acids is 1. The average molecular weight is 515 g/mol. The number of hydrogen-bond donors (Lipinski definition) is 2. The number of benzene rings is 2. The van der Waals surface area contributed by atoms with Crippen LogP contribution >= 0.6 is 11.6 Å². The van der Waals surface area contributed by atoms with Crippen molar-refractivity contribution >= 4 is 34.4 Å². The number of hydrogen-bond acceptors (Lipinski definition) is 4. The van der Waals surface area contributed by atoms with Gasteiger partial charge in [0.1, 0.15) is 11.6 Å². The van der Waals surface area contributed by atoms with Crippen LogP contribution in [0.2, 0.25) is 5.02 Å². The monoisotopic (exact) mass is 514 g/mol. The molecule has 0 bridgehead atoms. The number of fused-ring (bicyclic) bond motifs is 1. The Morgan fingerprint density at radius 2 is 1.83 bits per heavy atom. The number of aliphatic carboxylic acids is 1. The van der Waals surface area contributed by atoms with Crippen LogP contribution in [0.3, 0.4) is 0 Å². The molecule has 4 aromatic rings. The SMILES string of the molecule is O=C(O)CC1CCN(c2ccc(-c3ccc(-c4nc5ccc(C(F)(F)F)cc5[nH]4)c(Cl)c3)cn2)CC1. The van der Waals surface area contributed by atoms with E-state index < -0.39 is 17.7 Å². The Hall–Kier alpha value is -3.59. The quantitative estimate of drug-likeness (QED) is 0.311. The van der Waals surface area contributed by atoms with Crippen LogP contribution in [0.25, 0.3) is 33.5 Å². The van der Waals surface area contributed by atoms with Gasteiger partial charge in [-0.15, -0.1) is 0 Å². The van der Waals surface area contributed by atoms with E-state index in [0.717, 1.165) is 55.0 Å². The van der Waals surface area contributed by atoms with E-state index in [0.29, 0.717) is 21.9 Å². The number of carbonyl (C=O) groups is 1. The van der Waals surface area contributed by atoms with Gasteiger partial charge in [-0.1, -0.05) is 17.7 Å². The molecule has 1 aliphatic rings. The normalized spacial score (nSPS) is 14.9. The summed E-state index contributed by atoms with van der Waals surface area (Å²) in [6.45, 7) is 1.54. The fourth-order valence-electron chi connectivity index (χ4n) is 4.56. The number of carboxylic acid groups (broad SMARTS) is 1. The minimum Gasteiger partial charge on any atom is -0.481 e. The molecule has 6 nitrogen and oxygen atoms in total. The summed E-state index contributed by atoms with van der Waals surface area (Å²) in [4.78, 5) is 25.0. The van der Waals surface area contributed by atoms with Gasteiger partial charge in [0.05, 0.1) is 21.6 Å². The molecule has 0 atom stereocenters. The van der Waals surface area contributed by atoms with Gasteiger partial charge in [0, 0.05) is 36.8 Å². The summed E-state index contributed by atoms with van der Waals surface area (Å²) >= 11 is 6.54. The van der Waals surface area contributed by atoms with Crippen LogP contribution in [0.4, 0.5) is 19.0 Å². The fraction of sp³-hybridized carbons (Fsp3) is 0.269. The summed E-state index contributed by atoms with van der Waals surface area (Å²) in [6, 6.07) is 12.7. The minimum atomic E-state index is -4.43. The number of imidazole rings is 1. The van der Waals surface area contributed by atoms with Gasteiger partial charge in [-0.2, -0.15) is 13.2 Å². The first-order valence-electron chi connectivity index (χ1n) is 11.5. The molecular formula is C26H22ClF3N4O2. The smallest absolute Gasteiger partial charge is 0.416 e. The number of nitrogens with one attached hydrogen (secondary N) is 1. The molecule has 2 aromatic carbocycles. The molecule has 0 saturated carbocycles. The maximum Gasteiger partial charge on any atom is 0.416 e. The number of nitrogens with zero attached hydrogens (tertiary/aromatic N) is 3. The number of rotatable bonds is 5. The molecule has 186 valence electrons. The topological polar surface area (TPSA) is 82.1 Å². The molecule has 2 aromatic heterocycles. The Kier molecular flexibility index (Phi) is 6.34. The van der Waals surface area contributed by atoms with Crippen LogP contribution in [-0.4, -0.2) is 39.1 Å². The van der Waals surface area contributed by atoms with E-state index in [1.807, 2.05) is 18.2 Å². The highest BCUT2D eigenvalue weighted by molar-refractivity contribution is 6.33. The highest BCUT2D eigenvalue weighted by Gasteiger charge is 2.30. The molecule has 1 fully saturated rings. The predicted octanol–water partition coefficient (Wildman–Crippen LogP) is 6.66. The summed E-state index contributed by atoms with van der Waals surface area (Å²) in [5.41, 5.74) is 2.26. The average Bonchev–Trinajstić information content (AvgIpc) is 3.27. The molecule has 0 radical (unpaired) electrons. The molecule has 5 rings (SSSR count). The lowest BCUT2D eigenvalue weighted by Crippen LogP contribution is -2.34. The van der Waals surface area contributed by atoms with E-state index in [1.54, 1.807) is 18.3 Å². The van der Waals surface area contributed by atoms with Crippen molar-refractivity contribution in [3.63, 3.8) is 0 Å². The van der Waals surface area contributed by atoms with Crippen LogP contribution in [0.1, 0.15) is 24.8 Å². The first-order valence-corrected chi connectivity index (χ1v) is 11.9. The summed E-state index contributed by atoms with van der Waals surface area (Å²) in [5.74, 6) is 0.685. The van der Waals surface area contributed by atoms with Crippen molar-refractivity contribution in [1.82, 2.24) is 15.0 Å². The number of piperidine rings is 1. The van der Waals surface area contributed by atoms with Crippen molar-refractivity contribution in [3.05, 3.63) is 65.3 Å². The standard InChI is InChI=1S/C26H22ClF3N4O2/c27-20-12-16(17-2-6-23(31-14-17)34-9-7-15(8-10-34)11-24(35)36)1-4-19(20)25-32-21-5-3-18(26(28,29)30)13-22(21)33-25/h1-6,12-15H,7-11H2,(H,32,33)(H,35,36). The molecule has 10 heteroatoms. The molecule has 1 saturated heterocycles. The van der Waals surface area contributed by atoms with Crippen molar-refractivity contribution in [3.8, 4) is 22.5 Å². The van der Waals surface area contributed by atoms with Crippen molar-refractivity contribution in [2.24, 2.45) is 5.92 Å². The zero-order valence-corrected chi connectivity index (χ0v) is 19.8. The molecule has 0 aliphatic carbocycles. The van der Waals surface area contributed by atoms with Crippen LogP contribution in [0.5, 0.6) is 0 Å². The number of alkyl halides is 3. The zero-order chi connectivity index (χ0) is 25.4. The summed E-state index contributed by atoms with van der Waals surface area (Å²) < 4.78 is 39.1. The molecule has 0 unspecified atom stereocenters. The van der Waals surface area contributed by atoms with Crippen molar-refractivity contribution in [2.75, 3.05) is 18.0 Å². The molecule has 0 spiro atoms. The molecule has 3 heterocycles. The van der Waals surface area contributed by atoms with Gasteiger partial charge in [0.25, 0.3) is 0 Å². The van der Waals surface area contributed by atoms with Crippen LogP contribution in [-0.2, 0) is 11.0 Å². The Bertz CT molecular complexity index is 1410. The number of aromatic nitrogens is 3. The Morgan fingerprint density at radius 3 is 2.47 bits per heavy atom. The third kappa shape index (κ3) is 5.02. The lowest BCUT2D eigenvalue weighted by Gasteiger charge is -2.32. The van der Waals surface area contributed by atoms with E-state index >= 15 is 0 Å². The Balaban J connectivity index is 1.32. The largest absolute Gasteiger partial charge is 0.481 e. The lowest BCUT2D eigenvalue weighted by atomic mass is 9.93. The van der Waals surface area contributed by atoms with Gasteiger partial charge in [-0.05, 0) is 66.8 Å². The van der Waals surface area contributed by atoms with Gasteiger partial charge < -0.3 is 15.0 Å². The van der Waals surface area contributed by atoms with Crippen LogP contribution < -0.4 is 4.90 Å². The number of halogens is 4. The Morgan fingerprint density at radius 1 is 1.08 bits per heavy atom. The molecule has 1 aliphatic heterocycles. The summed E-state index contributed by atoms with van der Waals surface area (Å²) in [6.07, 6.45) is -0.805. The highest BCUT2D eigenvalue weighted by atomic mass is 35.5.